The number of nitrogens with one attached hydrogen (secondary N) is 2. The topological polar surface area (TPSA) is 39.7 Å². The summed E-state index contributed by atoms with van der Waals surface area (Å²) in [6.45, 7) is 6.65. The van der Waals surface area contributed by atoms with Crippen LogP contribution in [0.25, 0.3) is 0 Å². The van der Waals surface area contributed by atoms with Crippen LogP contribution in [0, 0.1) is 17.6 Å². The minimum atomic E-state index is -0.439. The van der Waals surface area contributed by atoms with Crippen molar-refractivity contribution in [1.82, 2.24) is 15.5 Å². The van der Waals surface area contributed by atoms with E-state index in [0.717, 1.165) is 25.2 Å². The summed E-state index contributed by atoms with van der Waals surface area (Å²) in [4.78, 5) is 6.65. The largest absolute Gasteiger partial charge is 0.356 e. The van der Waals surface area contributed by atoms with Gasteiger partial charge in [-0.25, -0.2) is 8.78 Å². The molecular weight excluding hydrogens is 437 g/mol. The van der Waals surface area contributed by atoms with Gasteiger partial charge in [-0.15, -0.1) is 24.0 Å². The van der Waals surface area contributed by atoms with Crippen LogP contribution in [0.2, 0.25) is 0 Å². The fourth-order valence-electron chi connectivity index (χ4n) is 3.00. The molecule has 1 aromatic rings. The average Bonchev–Trinajstić information content (AvgIpc) is 2.58. The molecule has 2 N–H and O–H groups in total. The lowest BCUT2D eigenvalue weighted by Crippen LogP contribution is -2.42. The Morgan fingerprint density at radius 2 is 1.92 bits per heavy atom. The minimum absolute atomic E-state index is 0. The van der Waals surface area contributed by atoms with E-state index in [1.165, 1.54) is 38.4 Å². The Hall–Kier alpha value is -0.960. The molecule has 1 aliphatic heterocycles. The summed E-state index contributed by atoms with van der Waals surface area (Å²) in [5.41, 5.74) is 0.291. The van der Waals surface area contributed by atoms with E-state index in [1.54, 1.807) is 7.05 Å². The van der Waals surface area contributed by atoms with Gasteiger partial charge in [0.2, 0.25) is 0 Å². The second-order valence-corrected chi connectivity index (χ2v) is 6.51. The number of likely N-dealkylation sites (tertiary alicyclic amines) is 1. The van der Waals surface area contributed by atoms with Crippen LogP contribution in [0.5, 0.6) is 0 Å². The predicted octanol–water partition coefficient (Wildman–Crippen LogP) is 3.37. The summed E-state index contributed by atoms with van der Waals surface area (Å²) < 4.78 is 26.8. The van der Waals surface area contributed by atoms with E-state index in [1.807, 2.05) is 0 Å². The molecule has 1 atom stereocenters. The Morgan fingerprint density at radius 3 is 2.60 bits per heavy atom. The second kappa shape index (κ2) is 11.6. The van der Waals surface area contributed by atoms with E-state index in [4.69, 9.17) is 0 Å². The standard InChI is InChI=1S/C18H28F2N4.HI/c1-14(13-24-8-4-3-5-9-24)11-22-18(21-2)23-12-15-10-16(19)6-7-17(15)20;/h6-7,10,14H,3-5,8-9,11-13H2,1-2H3,(H2,21,22,23);1H. The van der Waals surface area contributed by atoms with E-state index in [0.29, 0.717) is 17.4 Å². The number of piperidine rings is 1. The Kier molecular flexibility index (Phi) is 10.3. The first kappa shape index (κ1) is 22.1. The maximum atomic E-state index is 13.6. The first-order chi connectivity index (χ1) is 11.6. The van der Waals surface area contributed by atoms with Gasteiger partial charge >= 0.3 is 0 Å². The highest BCUT2D eigenvalue weighted by Gasteiger charge is 2.13. The Bertz CT molecular complexity index is 548. The molecule has 1 heterocycles. The fraction of sp³-hybridized carbons (Fsp3) is 0.611. The van der Waals surface area contributed by atoms with Gasteiger partial charge in [-0.05, 0) is 50.0 Å². The van der Waals surface area contributed by atoms with Crippen molar-refractivity contribution in [1.29, 1.82) is 0 Å². The number of aliphatic imine (C=N–C) groups is 1. The van der Waals surface area contributed by atoms with Gasteiger partial charge in [-0.2, -0.15) is 0 Å². The van der Waals surface area contributed by atoms with Crippen molar-refractivity contribution >= 4 is 29.9 Å². The van der Waals surface area contributed by atoms with Crippen LogP contribution >= 0.6 is 24.0 Å². The van der Waals surface area contributed by atoms with Gasteiger partial charge in [-0.3, -0.25) is 4.99 Å². The predicted molar refractivity (Wildman–Crippen MR) is 109 cm³/mol. The van der Waals surface area contributed by atoms with E-state index < -0.39 is 11.6 Å². The van der Waals surface area contributed by atoms with Crippen molar-refractivity contribution in [3.05, 3.63) is 35.4 Å². The zero-order valence-corrected chi connectivity index (χ0v) is 17.4. The maximum Gasteiger partial charge on any atom is 0.191 e. The third-order valence-electron chi connectivity index (χ3n) is 4.31. The molecule has 1 aliphatic rings. The molecule has 1 aromatic carbocycles. The lowest BCUT2D eigenvalue weighted by molar-refractivity contribution is 0.201. The van der Waals surface area contributed by atoms with Gasteiger partial charge in [0.25, 0.3) is 0 Å². The molecule has 0 spiro atoms. The first-order valence-electron chi connectivity index (χ1n) is 8.69. The molecule has 1 unspecified atom stereocenters. The molecule has 1 fully saturated rings. The molecule has 0 aliphatic carbocycles. The third-order valence-corrected chi connectivity index (χ3v) is 4.31. The SMILES string of the molecule is CN=C(NCc1cc(F)ccc1F)NCC(C)CN1CCCCC1.I. The van der Waals surface area contributed by atoms with Crippen molar-refractivity contribution in [2.45, 2.75) is 32.7 Å². The van der Waals surface area contributed by atoms with E-state index in [-0.39, 0.29) is 30.5 Å². The van der Waals surface area contributed by atoms with Crippen LogP contribution in [0.4, 0.5) is 8.78 Å². The van der Waals surface area contributed by atoms with E-state index in [9.17, 15) is 8.78 Å². The number of halogens is 3. The van der Waals surface area contributed by atoms with Gasteiger partial charge in [0.1, 0.15) is 11.6 Å². The van der Waals surface area contributed by atoms with Crippen molar-refractivity contribution in [3.8, 4) is 0 Å². The molecule has 0 bridgehead atoms. The highest BCUT2D eigenvalue weighted by molar-refractivity contribution is 14.0. The summed E-state index contributed by atoms with van der Waals surface area (Å²) in [5.74, 6) is 0.237. The number of hydrogen-bond donors (Lipinski definition) is 2. The van der Waals surface area contributed by atoms with Crippen LogP contribution in [-0.4, -0.2) is 44.1 Å². The molecular formula is C18H29F2IN4. The molecule has 2 rings (SSSR count). The van der Waals surface area contributed by atoms with Gasteiger partial charge in [0, 0.05) is 32.2 Å². The number of benzene rings is 1. The quantitative estimate of drug-likeness (QED) is 0.384. The molecule has 1 saturated heterocycles. The summed E-state index contributed by atoms with van der Waals surface area (Å²) in [6, 6.07) is 3.46. The zero-order chi connectivity index (χ0) is 17.4. The van der Waals surface area contributed by atoms with Crippen molar-refractivity contribution in [2.75, 3.05) is 33.2 Å². The lowest BCUT2D eigenvalue weighted by Gasteiger charge is -2.29. The highest BCUT2D eigenvalue weighted by atomic mass is 127. The summed E-state index contributed by atoms with van der Waals surface area (Å²) in [6.07, 6.45) is 3.93. The number of rotatable bonds is 6. The van der Waals surface area contributed by atoms with Crippen LogP contribution in [0.1, 0.15) is 31.7 Å². The maximum absolute atomic E-state index is 13.6. The second-order valence-electron chi connectivity index (χ2n) is 6.51. The summed E-state index contributed by atoms with van der Waals surface area (Å²) >= 11 is 0. The molecule has 25 heavy (non-hydrogen) atoms. The first-order valence-corrected chi connectivity index (χ1v) is 8.69. The van der Waals surface area contributed by atoms with Crippen LogP contribution < -0.4 is 10.6 Å². The number of nitrogens with zero attached hydrogens (tertiary/aromatic N) is 2. The van der Waals surface area contributed by atoms with E-state index in [2.05, 4.69) is 27.4 Å². The molecule has 142 valence electrons. The Labute approximate surface area is 166 Å². The molecule has 0 saturated carbocycles. The van der Waals surface area contributed by atoms with Gasteiger partial charge < -0.3 is 15.5 Å². The fourth-order valence-corrected chi connectivity index (χ4v) is 3.00. The summed E-state index contributed by atoms with van der Waals surface area (Å²) in [5, 5.41) is 6.29. The molecule has 7 heteroatoms. The molecule has 0 radical (unpaired) electrons. The van der Waals surface area contributed by atoms with E-state index >= 15 is 0 Å². The number of hydrogen-bond acceptors (Lipinski definition) is 2. The Balaban J connectivity index is 0.00000312. The molecule has 0 amide bonds. The van der Waals surface area contributed by atoms with Gasteiger partial charge in [0.15, 0.2) is 5.96 Å². The zero-order valence-electron chi connectivity index (χ0n) is 15.0. The average molecular weight is 466 g/mol. The Morgan fingerprint density at radius 1 is 1.20 bits per heavy atom. The monoisotopic (exact) mass is 466 g/mol. The summed E-state index contributed by atoms with van der Waals surface area (Å²) in [7, 11) is 1.67. The number of guanidine groups is 1. The van der Waals surface area contributed by atoms with Crippen molar-refractivity contribution in [2.24, 2.45) is 10.9 Å². The third kappa shape index (κ3) is 7.85. The van der Waals surface area contributed by atoms with Crippen molar-refractivity contribution < 1.29 is 8.78 Å². The highest BCUT2D eigenvalue weighted by Crippen LogP contribution is 2.11. The minimum Gasteiger partial charge on any atom is -0.356 e. The van der Waals surface area contributed by atoms with Gasteiger partial charge in [-0.1, -0.05) is 13.3 Å². The lowest BCUT2D eigenvalue weighted by atomic mass is 10.1. The van der Waals surface area contributed by atoms with Crippen LogP contribution in [-0.2, 0) is 6.54 Å². The molecule has 0 aromatic heterocycles. The van der Waals surface area contributed by atoms with Crippen molar-refractivity contribution in [3.63, 3.8) is 0 Å². The van der Waals surface area contributed by atoms with Crippen LogP contribution in [0.3, 0.4) is 0 Å². The van der Waals surface area contributed by atoms with Gasteiger partial charge in [0.05, 0.1) is 0 Å². The molecule has 4 nitrogen and oxygen atoms in total. The van der Waals surface area contributed by atoms with Crippen LogP contribution in [0.15, 0.2) is 23.2 Å². The normalized spacial score (nSPS) is 16.9. The smallest absolute Gasteiger partial charge is 0.191 e.